The summed E-state index contributed by atoms with van der Waals surface area (Å²) in [6, 6.07) is 13.4. The zero-order valence-electron chi connectivity index (χ0n) is 21.0. The van der Waals surface area contributed by atoms with E-state index in [-0.39, 0.29) is 29.7 Å². The molecule has 4 fully saturated rings. The maximum Gasteiger partial charge on any atom is 0.328 e. The number of rotatable bonds is 7. The maximum absolute atomic E-state index is 12.8. The minimum absolute atomic E-state index is 0. The normalized spacial score (nSPS) is 27.2. The van der Waals surface area contributed by atoms with Crippen LogP contribution in [-0.2, 0) is 15.0 Å². The topological polar surface area (TPSA) is 89.6 Å². The first-order valence-electron chi connectivity index (χ1n) is 12.9. The second kappa shape index (κ2) is 10.4. The highest BCUT2D eigenvalue weighted by Gasteiger charge is 2.52. The molecule has 192 valence electrons. The van der Waals surface area contributed by atoms with Crippen LogP contribution in [0.5, 0.6) is 5.75 Å². The molecule has 4 aliphatic carbocycles. The number of carbonyl (C=O) groups excluding carboxylic acids is 1. The van der Waals surface area contributed by atoms with Crippen molar-refractivity contribution in [2.75, 3.05) is 0 Å². The second-order valence-electron chi connectivity index (χ2n) is 11.4. The van der Waals surface area contributed by atoms with E-state index in [2.05, 4.69) is 6.07 Å². The van der Waals surface area contributed by atoms with Gasteiger partial charge in [-0.3, -0.25) is 0 Å². The Morgan fingerprint density at radius 1 is 0.972 bits per heavy atom. The molecule has 2 aromatic carbocycles. The highest BCUT2D eigenvalue weighted by molar-refractivity contribution is 5.86. The fourth-order valence-electron chi connectivity index (χ4n) is 7.06. The summed E-state index contributed by atoms with van der Waals surface area (Å²) < 4.78 is 5.99. The fraction of sp³-hybridized carbons (Fsp3) is 0.467. The zero-order chi connectivity index (χ0) is 24.7. The second-order valence-corrected chi connectivity index (χ2v) is 11.4. The van der Waals surface area contributed by atoms with Crippen molar-refractivity contribution in [1.82, 2.24) is 0 Å². The first-order valence-corrected chi connectivity index (χ1v) is 12.9. The lowest BCUT2D eigenvalue weighted by atomic mass is 9.48. The van der Waals surface area contributed by atoms with Crippen LogP contribution in [0.25, 0.3) is 17.2 Å². The molecule has 3 N–H and O–H groups in total. The Balaban J connectivity index is 0.00000304. The van der Waals surface area contributed by atoms with Gasteiger partial charge in [-0.05, 0) is 103 Å². The van der Waals surface area contributed by atoms with Gasteiger partial charge in [0.1, 0.15) is 11.8 Å². The quantitative estimate of drug-likeness (QED) is 0.262. The van der Waals surface area contributed by atoms with Crippen molar-refractivity contribution in [3.8, 4) is 16.9 Å². The summed E-state index contributed by atoms with van der Waals surface area (Å²) in [7, 11) is 0. The average molecular weight is 510 g/mol. The molecule has 0 spiro atoms. The Morgan fingerprint density at radius 2 is 1.53 bits per heavy atom. The average Bonchev–Trinajstić information content (AvgIpc) is 2.82. The number of esters is 1. The molecule has 6 rings (SSSR count). The molecule has 4 aliphatic rings. The Morgan fingerprint density at radius 3 is 2.06 bits per heavy atom. The molecule has 2 aromatic rings. The number of aliphatic carboxylic acids is 1. The number of carbonyl (C=O) groups is 2. The summed E-state index contributed by atoms with van der Waals surface area (Å²) in [5, 5.41) is 8.88. The summed E-state index contributed by atoms with van der Waals surface area (Å²) in [6.45, 7) is 3.87. The molecule has 0 radical (unpaired) electrons. The predicted molar refractivity (Wildman–Crippen MR) is 144 cm³/mol. The lowest BCUT2D eigenvalue weighted by molar-refractivity contribution is -0.137. The Labute approximate surface area is 219 Å². The highest BCUT2D eigenvalue weighted by atomic mass is 35.5. The third kappa shape index (κ3) is 5.23. The summed E-state index contributed by atoms with van der Waals surface area (Å²) in [6.07, 6.45) is 10.3. The molecular formula is C30H36ClNO4. The number of carboxylic acids is 1. The molecule has 0 amide bonds. The SMILES string of the molecule is CC(C)[C@H](N)C(=O)Oc1ccc(-c2ccc(C=CC(=O)O)cc2)cc1C12CC3CC(CC(C3)C1)C2.Cl. The smallest absolute Gasteiger partial charge is 0.328 e. The van der Waals surface area contributed by atoms with E-state index in [1.165, 1.54) is 38.5 Å². The van der Waals surface area contributed by atoms with Gasteiger partial charge in [0.15, 0.2) is 0 Å². The van der Waals surface area contributed by atoms with Gasteiger partial charge in [-0.1, -0.05) is 44.2 Å². The van der Waals surface area contributed by atoms with Crippen molar-refractivity contribution < 1.29 is 19.4 Å². The van der Waals surface area contributed by atoms with E-state index in [9.17, 15) is 9.59 Å². The van der Waals surface area contributed by atoms with E-state index in [0.717, 1.165) is 46.1 Å². The van der Waals surface area contributed by atoms with E-state index in [1.807, 2.05) is 50.2 Å². The number of nitrogens with two attached hydrogens (primary N) is 1. The zero-order valence-corrected chi connectivity index (χ0v) is 21.8. The number of carboxylic acid groups (broad SMARTS) is 1. The van der Waals surface area contributed by atoms with Crippen LogP contribution in [0, 0.1) is 23.7 Å². The lowest BCUT2D eigenvalue weighted by Crippen LogP contribution is -2.49. The van der Waals surface area contributed by atoms with Crippen LogP contribution in [0.4, 0.5) is 0 Å². The predicted octanol–water partition coefficient (Wildman–Crippen LogP) is 6.23. The monoisotopic (exact) mass is 509 g/mol. The van der Waals surface area contributed by atoms with Crippen molar-refractivity contribution >= 4 is 30.4 Å². The number of halogens is 1. The number of ether oxygens (including phenoxy) is 1. The Kier molecular flexibility index (Phi) is 7.63. The van der Waals surface area contributed by atoms with Crippen molar-refractivity contribution in [2.24, 2.45) is 29.4 Å². The Bertz CT molecular complexity index is 1120. The van der Waals surface area contributed by atoms with Crippen LogP contribution in [0.1, 0.15) is 63.5 Å². The highest BCUT2D eigenvalue weighted by Crippen LogP contribution is 2.62. The van der Waals surface area contributed by atoms with E-state index in [1.54, 1.807) is 6.08 Å². The first kappa shape index (κ1) is 26.4. The molecule has 1 atom stereocenters. The van der Waals surface area contributed by atoms with Crippen LogP contribution in [-0.4, -0.2) is 23.1 Å². The third-order valence-electron chi connectivity index (χ3n) is 8.45. The summed E-state index contributed by atoms with van der Waals surface area (Å²) >= 11 is 0. The van der Waals surface area contributed by atoms with Gasteiger partial charge in [0.05, 0.1) is 0 Å². The largest absolute Gasteiger partial charge is 0.478 e. The Hall–Kier alpha value is -2.63. The number of benzene rings is 2. The molecule has 0 aromatic heterocycles. The molecule has 0 aliphatic heterocycles. The first-order chi connectivity index (χ1) is 16.7. The van der Waals surface area contributed by atoms with Crippen molar-refractivity contribution in [1.29, 1.82) is 0 Å². The molecule has 0 saturated heterocycles. The molecule has 4 saturated carbocycles. The number of hydrogen-bond acceptors (Lipinski definition) is 4. The van der Waals surface area contributed by atoms with Crippen LogP contribution in [0.2, 0.25) is 0 Å². The van der Waals surface area contributed by atoms with Crippen molar-refractivity contribution in [3.05, 3.63) is 59.7 Å². The van der Waals surface area contributed by atoms with Gasteiger partial charge in [-0.2, -0.15) is 0 Å². The van der Waals surface area contributed by atoms with Crippen LogP contribution >= 0.6 is 12.4 Å². The summed E-state index contributed by atoms with van der Waals surface area (Å²) in [4.78, 5) is 23.7. The van der Waals surface area contributed by atoms with Gasteiger partial charge in [0.2, 0.25) is 0 Å². The standard InChI is InChI=1S/C30H35NO4.ClH/c1-18(2)28(31)29(34)35-26-9-8-24(23-6-3-19(4-7-23)5-10-27(32)33)14-25(26)30-15-20-11-21(16-30)13-22(12-20)17-30;/h3-10,14,18,20-22,28H,11-13,15-17,31H2,1-2H3,(H,32,33);1H/t20?,21?,22?,28-,30?;/m0./s1. The van der Waals surface area contributed by atoms with Crippen LogP contribution < -0.4 is 10.5 Å². The molecule has 0 heterocycles. The van der Waals surface area contributed by atoms with Gasteiger partial charge in [-0.25, -0.2) is 9.59 Å². The van der Waals surface area contributed by atoms with E-state index >= 15 is 0 Å². The maximum atomic E-state index is 12.8. The van der Waals surface area contributed by atoms with Gasteiger partial charge in [-0.15, -0.1) is 12.4 Å². The van der Waals surface area contributed by atoms with Crippen LogP contribution in [0.15, 0.2) is 48.5 Å². The molecule has 6 heteroatoms. The number of hydrogen-bond donors (Lipinski definition) is 2. The fourth-order valence-corrected chi connectivity index (χ4v) is 7.06. The van der Waals surface area contributed by atoms with E-state index < -0.39 is 12.0 Å². The minimum Gasteiger partial charge on any atom is -0.478 e. The molecular weight excluding hydrogens is 474 g/mol. The third-order valence-corrected chi connectivity index (χ3v) is 8.45. The minimum atomic E-state index is -0.961. The van der Waals surface area contributed by atoms with E-state index in [4.69, 9.17) is 15.6 Å². The van der Waals surface area contributed by atoms with Gasteiger partial charge in [0.25, 0.3) is 0 Å². The lowest BCUT2D eigenvalue weighted by Gasteiger charge is -2.57. The van der Waals surface area contributed by atoms with Crippen molar-refractivity contribution in [2.45, 2.75) is 63.8 Å². The molecule has 36 heavy (non-hydrogen) atoms. The molecule has 5 nitrogen and oxygen atoms in total. The van der Waals surface area contributed by atoms with Crippen LogP contribution in [0.3, 0.4) is 0 Å². The summed E-state index contributed by atoms with van der Waals surface area (Å²) in [5.41, 5.74) is 10.3. The molecule has 0 unspecified atom stereocenters. The molecule has 4 bridgehead atoms. The van der Waals surface area contributed by atoms with Gasteiger partial charge >= 0.3 is 11.9 Å². The van der Waals surface area contributed by atoms with Gasteiger partial charge in [0, 0.05) is 11.6 Å². The van der Waals surface area contributed by atoms with Gasteiger partial charge < -0.3 is 15.6 Å². The summed E-state index contributed by atoms with van der Waals surface area (Å²) in [5.74, 6) is 1.66. The van der Waals surface area contributed by atoms with Crippen molar-refractivity contribution in [3.63, 3.8) is 0 Å². The van der Waals surface area contributed by atoms with E-state index in [0.29, 0.717) is 5.75 Å².